The van der Waals surface area contributed by atoms with Crippen molar-refractivity contribution < 1.29 is 13.5 Å². The van der Waals surface area contributed by atoms with Gasteiger partial charge >= 0.3 is 0 Å². The van der Waals surface area contributed by atoms with E-state index in [2.05, 4.69) is 17.1 Å². The molecule has 0 radical (unpaired) electrons. The lowest BCUT2D eigenvalue weighted by molar-refractivity contribution is 0.154. The first-order valence-electron chi connectivity index (χ1n) is 6.33. The first-order chi connectivity index (χ1) is 7.96. The summed E-state index contributed by atoms with van der Waals surface area (Å²) in [7, 11) is -3.04. The first kappa shape index (κ1) is 13.3. The zero-order valence-electron chi connectivity index (χ0n) is 10.3. The Morgan fingerprint density at radius 1 is 1.35 bits per heavy atom. The second-order valence-corrected chi connectivity index (χ2v) is 7.48. The summed E-state index contributed by atoms with van der Waals surface area (Å²) in [5, 5.41) is 12.9. The molecule has 2 rings (SSSR count). The zero-order valence-corrected chi connectivity index (χ0v) is 11.1. The highest BCUT2D eigenvalue weighted by molar-refractivity contribution is 7.91. The van der Waals surface area contributed by atoms with Crippen molar-refractivity contribution in [2.24, 2.45) is 0 Å². The number of nitrogens with one attached hydrogen (secondary N) is 1. The normalized spacial score (nSPS) is 35.2. The fourth-order valence-electron chi connectivity index (χ4n) is 2.76. The summed E-state index contributed by atoms with van der Waals surface area (Å²) >= 11 is 0. The van der Waals surface area contributed by atoms with Gasteiger partial charge in [0.25, 0.3) is 0 Å². The Morgan fingerprint density at radius 2 is 2.00 bits per heavy atom. The molecule has 2 saturated heterocycles. The largest absolute Gasteiger partial charge is 0.390 e. The fraction of sp³-hybridized carbons (Fsp3) is 1.00. The van der Waals surface area contributed by atoms with Crippen molar-refractivity contribution in [3.63, 3.8) is 0 Å². The molecule has 0 aliphatic carbocycles. The molecule has 2 aliphatic rings. The summed E-state index contributed by atoms with van der Waals surface area (Å²) in [5.41, 5.74) is 0. The second-order valence-electron chi connectivity index (χ2n) is 5.33. The van der Waals surface area contributed by atoms with Crippen LogP contribution in [0.2, 0.25) is 0 Å². The highest BCUT2D eigenvalue weighted by Crippen LogP contribution is 2.14. The molecule has 0 amide bonds. The molecular weight excluding hydrogens is 240 g/mol. The average Bonchev–Trinajstić information content (AvgIpc) is 2.75. The average molecular weight is 262 g/mol. The molecule has 0 aromatic heterocycles. The molecule has 0 aromatic carbocycles. The van der Waals surface area contributed by atoms with Crippen molar-refractivity contribution in [1.82, 2.24) is 10.2 Å². The van der Waals surface area contributed by atoms with Gasteiger partial charge in [-0.1, -0.05) is 0 Å². The number of nitrogens with zero attached hydrogens (tertiary/aromatic N) is 1. The Balaban J connectivity index is 1.80. The molecule has 5 nitrogen and oxygen atoms in total. The van der Waals surface area contributed by atoms with E-state index in [4.69, 9.17) is 0 Å². The highest BCUT2D eigenvalue weighted by atomic mass is 32.2. The monoisotopic (exact) mass is 262 g/mol. The van der Waals surface area contributed by atoms with E-state index in [9.17, 15) is 13.5 Å². The van der Waals surface area contributed by atoms with E-state index in [1.165, 1.54) is 12.8 Å². The summed E-state index contributed by atoms with van der Waals surface area (Å²) in [4.78, 5) is 2.38. The minimum atomic E-state index is -3.04. The Morgan fingerprint density at radius 3 is 2.53 bits per heavy atom. The Labute approximate surface area is 103 Å². The highest BCUT2D eigenvalue weighted by Gasteiger charge is 2.36. The molecular formula is C11H22N2O3S. The van der Waals surface area contributed by atoms with E-state index in [0.717, 1.165) is 19.6 Å². The molecule has 3 unspecified atom stereocenters. The van der Waals surface area contributed by atoms with Crippen LogP contribution in [0.15, 0.2) is 0 Å². The Bertz CT molecular complexity index is 352. The van der Waals surface area contributed by atoms with Gasteiger partial charge in [-0.25, -0.2) is 8.42 Å². The molecule has 0 bridgehead atoms. The SMILES string of the molecule is CC(CN1CCCC1)NC1CS(=O)(=O)CC1O. The third kappa shape index (κ3) is 3.64. The Hall–Kier alpha value is -0.170. The predicted octanol–water partition coefficient (Wildman–Crippen LogP) is -0.782. The van der Waals surface area contributed by atoms with Gasteiger partial charge < -0.3 is 15.3 Å². The van der Waals surface area contributed by atoms with Crippen molar-refractivity contribution in [2.45, 2.75) is 38.0 Å². The summed E-state index contributed by atoms with van der Waals surface area (Å²) < 4.78 is 22.7. The molecule has 0 saturated carbocycles. The smallest absolute Gasteiger partial charge is 0.154 e. The van der Waals surface area contributed by atoms with Crippen LogP contribution >= 0.6 is 0 Å². The number of aliphatic hydroxyl groups is 1. The van der Waals surface area contributed by atoms with Crippen molar-refractivity contribution in [2.75, 3.05) is 31.1 Å². The fourth-order valence-corrected chi connectivity index (χ4v) is 4.51. The van der Waals surface area contributed by atoms with Crippen LogP contribution in [0.3, 0.4) is 0 Å². The Kier molecular flexibility index (Phi) is 4.07. The van der Waals surface area contributed by atoms with Crippen molar-refractivity contribution in [1.29, 1.82) is 0 Å². The molecule has 0 spiro atoms. The molecule has 3 atom stereocenters. The van der Waals surface area contributed by atoms with Crippen LogP contribution in [-0.4, -0.2) is 67.8 Å². The van der Waals surface area contributed by atoms with Gasteiger partial charge in [0.2, 0.25) is 0 Å². The minimum Gasteiger partial charge on any atom is -0.390 e. The zero-order chi connectivity index (χ0) is 12.5. The quantitative estimate of drug-likeness (QED) is 0.695. The number of hydrogen-bond donors (Lipinski definition) is 2. The molecule has 2 N–H and O–H groups in total. The van der Waals surface area contributed by atoms with E-state index in [1.807, 2.05) is 0 Å². The predicted molar refractivity (Wildman–Crippen MR) is 66.7 cm³/mol. The van der Waals surface area contributed by atoms with Gasteiger partial charge in [0, 0.05) is 18.6 Å². The maximum absolute atomic E-state index is 11.4. The first-order valence-corrected chi connectivity index (χ1v) is 8.15. The lowest BCUT2D eigenvalue weighted by Gasteiger charge is -2.25. The number of aliphatic hydroxyl groups excluding tert-OH is 1. The van der Waals surface area contributed by atoms with Gasteiger partial charge in [0.05, 0.1) is 17.6 Å². The summed E-state index contributed by atoms with van der Waals surface area (Å²) in [6.45, 7) is 5.26. The standard InChI is InChI=1S/C11H22N2O3S/c1-9(6-13-4-2-3-5-13)12-10-7-17(15,16)8-11(10)14/h9-12,14H,2-8H2,1H3. The third-order valence-electron chi connectivity index (χ3n) is 3.55. The van der Waals surface area contributed by atoms with Gasteiger partial charge in [-0.05, 0) is 32.9 Å². The van der Waals surface area contributed by atoms with Crippen LogP contribution in [0.5, 0.6) is 0 Å². The molecule has 0 aromatic rings. The molecule has 2 fully saturated rings. The van der Waals surface area contributed by atoms with E-state index in [0.29, 0.717) is 0 Å². The van der Waals surface area contributed by atoms with Crippen LogP contribution in [-0.2, 0) is 9.84 Å². The van der Waals surface area contributed by atoms with Crippen LogP contribution < -0.4 is 5.32 Å². The number of hydrogen-bond acceptors (Lipinski definition) is 5. The maximum Gasteiger partial charge on any atom is 0.154 e. The maximum atomic E-state index is 11.4. The van der Waals surface area contributed by atoms with Gasteiger partial charge in [0.1, 0.15) is 0 Å². The number of likely N-dealkylation sites (tertiary alicyclic amines) is 1. The van der Waals surface area contributed by atoms with Crippen LogP contribution in [0.1, 0.15) is 19.8 Å². The number of rotatable bonds is 4. The number of sulfone groups is 1. The second kappa shape index (κ2) is 5.22. The molecule has 6 heteroatoms. The van der Waals surface area contributed by atoms with E-state index in [-0.39, 0.29) is 23.6 Å². The summed E-state index contributed by atoms with van der Waals surface area (Å²) in [6, 6.07) is -0.0707. The summed E-state index contributed by atoms with van der Waals surface area (Å²) in [6.07, 6.45) is 1.77. The minimum absolute atomic E-state index is 0.0680. The van der Waals surface area contributed by atoms with E-state index < -0.39 is 15.9 Å². The lowest BCUT2D eigenvalue weighted by Crippen LogP contribution is -2.48. The van der Waals surface area contributed by atoms with E-state index in [1.54, 1.807) is 0 Å². The third-order valence-corrected chi connectivity index (χ3v) is 5.27. The van der Waals surface area contributed by atoms with Gasteiger partial charge in [0.15, 0.2) is 9.84 Å². The molecule has 2 heterocycles. The van der Waals surface area contributed by atoms with Gasteiger partial charge in [-0.3, -0.25) is 0 Å². The topological polar surface area (TPSA) is 69.6 Å². The molecule has 100 valence electrons. The van der Waals surface area contributed by atoms with Gasteiger partial charge in [-0.15, -0.1) is 0 Å². The van der Waals surface area contributed by atoms with Crippen molar-refractivity contribution in [3.8, 4) is 0 Å². The lowest BCUT2D eigenvalue weighted by atomic mass is 10.2. The van der Waals surface area contributed by atoms with E-state index >= 15 is 0 Å². The van der Waals surface area contributed by atoms with Crippen LogP contribution in [0, 0.1) is 0 Å². The van der Waals surface area contributed by atoms with Crippen LogP contribution in [0.25, 0.3) is 0 Å². The van der Waals surface area contributed by atoms with Crippen molar-refractivity contribution >= 4 is 9.84 Å². The van der Waals surface area contributed by atoms with Crippen LogP contribution in [0.4, 0.5) is 0 Å². The molecule has 17 heavy (non-hydrogen) atoms. The van der Waals surface area contributed by atoms with Gasteiger partial charge in [-0.2, -0.15) is 0 Å². The van der Waals surface area contributed by atoms with Crippen molar-refractivity contribution in [3.05, 3.63) is 0 Å². The summed E-state index contributed by atoms with van der Waals surface area (Å²) in [5.74, 6) is -0.0282. The molecule has 2 aliphatic heterocycles.